The third-order valence-corrected chi connectivity index (χ3v) is 2.96. The SMILES string of the molecule is CO[C@@H]1O[C@H](C(C)(F)F)[C@H]2OC(OC)(OC)O[C@@H]12. The van der Waals surface area contributed by atoms with Gasteiger partial charge in [-0.1, -0.05) is 0 Å². The van der Waals surface area contributed by atoms with Crippen LogP contribution < -0.4 is 0 Å². The van der Waals surface area contributed by atoms with Gasteiger partial charge in [-0.25, -0.2) is 8.78 Å². The molecule has 0 spiro atoms. The fourth-order valence-corrected chi connectivity index (χ4v) is 2.11. The lowest BCUT2D eigenvalue weighted by Gasteiger charge is -2.28. The average Bonchev–Trinajstić information content (AvgIpc) is 2.82. The Labute approximate surface area is 103 Å². The highest BCUT2D eigenvalue weighted by Crippen LogP contribution is 2.44. The third-order valence-electron chi connectivity index (χ3n) is 2.96. The molecule has 0 unspecified atom stereocenters. The average molecular weight is 270 g/mol. The topological polar surface area (TPSA) is 55.4 Å². The lowest BCUT2D eigenvalue weighted by Crippen LogP contribution is -2.43. The Bertz CT molecular complexity index is 303. The summed E-state index contributed by atoms with van der Waals surface area (Å²) in [6, 6.07) is 0. The van der Waals surface area contributed by atoms with E-state index in [-0.39, 0.29) is 0 Å². The van der Waals surface area contributed by atoms with E-state index in [0.29, 0.717) is 0 Å². The minimum atomic E-state index is -3.10. The van der Waals surface area contributed by atoms with Crippen molar-refractivity contribution >= 4 is 0 Å². The number of fused-ring (bicyclic) bond motifs is 1. The highest BCUT2D eigenvalue weighted by atomic mass is 19.3. The van der Waals surface area contributed by atoms with Gasteiger partial charge in [-0.3, -0.25) is 9.47 Å². The number of hydrogen-bond donors (Lipinski definition) is 0. The highest BCUT2D eigenvalue weighted by molar-refractivity contribution is 4.98. The number of methoxy groups -OCH3 is 3. The predicted molar refractivity (Wildman–Crippen MR) is 52.8 cm³/mol. The summed E-state index contributed by atoms with van der Waals surface area (Å²) >= 11 is 0. The first-order chi connectivity index (χ1) is 8.37. The van der Waals surface area contributed by atoms with E-state index in [0.717, 1.165) is 6.92 Å². The molecule has 0 saturated carbocycles. The Morgan fingerprint density at radius 3 is 2.06 bits per heavy atom. The van der Waals surface area contributed by atoms with Gasteiger partial charge in [0.2, 0.25) is 0 Å². The van der Waals surface area contributed by atoms with Crippen molar-refractivity contribution in [2.75, 3.05) is 21.3 Å². The smallest absolute Gasteiger partial charge is 0.353 e. The molecule has 2 aliphatic heterocycles. The molecule has 18 heavy (non-hydrogen) atoms. The van der Waals surface area contributed by atoms with Gasteiger partial charge in [0, 0.05) is 28.3 Å². The minimum Gasteiger partial charge on any atom is -0.353 e. The van der Waals surface area contributed by atoms with Crippen LogP contribution in [0.3, 0.4) is 0 Å². The quantitative estimate of drug-likeness (QED) is 0.701. The molecule has 2 rings (SSSR count). The second-order valence-electron chi connectivity index (χ2n) is 4.19. The molecule has 2 fully saturated rings. The molecule has 6 nitrogen and oxygen atoms in total. The summed E-state index contributed by atoms with van der Waals surface area (Å²) < 4.78 is 57.4. The first kappa shape index (κ1) is 14.0. The second kappa shape index (κ2) is 4.62. The van der Waals surface area contributed by atoms with Gasteiger partial charge in [0.1, 0.15) is 12.2 Å². The summed E-state index contributed by atoms with van der Waals surface area (Å²) in [6.07, 6.45) is -6.11. The molecule has 2 heterocycles. The maximum Gasteiger partial charge on any atom is 0.413 e. The Morgan fingerprint density at radius 1 is 1.06 bits per heavy atom. The van der Waals surface area contributed by atoms with Gasteiger partial charge in [-0.05, 0) is 0 Å². The summed E-state index contributed by atoms with van der Waals surface area (Å²) in [7, 11) is 3.90. The Morgan fingerprint density at radius 2 is 1.61 bits per heavy atom. The van der Waals surface area contributed by atoms with Crippen molar-refractivity contribution in [2.45, 2.75) is 43.6 Å². The molecule has 0 aromatic carbocycles. The lowest BCUT2D eigenvalue weighted by atomic mass is 10.1. The molecule has 0 amide bonds. The van der Waals surface area contributed by atoms with Gasteiger partial charge in [-0.2, -0.15) is 0 Å². The van der Waals surface area contributed by atoms with Crippen LogP contribution in [-0.4, -0.2) is 58.0 Å². The van der Waals surface area contributed by atoms with Crippen LogP contribution in [0.4, 0.5) is 8.78 Å². The van der Waals surface area contributed by atoms with Gasteiger partial charge in [0.05, 0.1) is 0 Å². The van der Waals surface area contributed by atoms with Crippen molar-refractivity contribution in [2.24, 2.45) is 0 Å². The number of ether oxygens (including phenoxy) is 6. The maximum absolute atomic E-state index is 13.4. The Hall–Kier alpha value is -0.380. The van der Waals surface area contributed by atoms with Crippen LogP contribution >= 0.6 is 0 Å². The predicted octanol–water partition coefficient (Wildman–Crippen LogP) is 0.701. The van der Waals surface area contributed by atoms with Gasteiger partial charge in [0.25, 0.3) is 5.92 Å². The van der Waals surface area contributed by atoms with E-state index in [9.17, 15) is 8.78 Å². The van der Waals surface area contributed by atoms with Crippen LogP contribution in [-0.2, 0) is 28.4 Å². The van der Waals surface area contributed by atoms with E-state index in [1.54, 1.807) is 0 Å². The van der Waals surface area contributed by atoms with Gasteiger partial charge in [-0.15, -0.1) is 0 Å². The number of alkyl halides is 2. The first-order valence-corrected chi connectivity index (χ1v) is 5.39. The zero-order valence-corrected chi connectivity index (χ0v) is 10.5. The monoisotopic (exact) mass is 270 g/mol. The first-order valence-electron chi connectivity index (χ1n) is 5.39. The molecule has 0 aromatic rings. The Kier molecular flexibility index (Phi) is 3.60. The van der Waals surface area contributed by atoms with E-state index in [1.807, 2.05) is 0 Å². The van der Waals surface area contributed by atoms with E-state index < -0.39 is 36.7 Å². The van der Waals surface area contributed by atoms with Crippen molar-refractivity contribution in [3.8, 4) is 0 Å². The summed E-state index contributed by atoms with van der Waals surface area (Å²) in [5.41, 5.74) is 0. The molecule has 106 valence electrons. The summed E-state index contributed by atoms with van der Waals surface area (Å²) in [4.78, 5) is 0. The van der Waals surface area contributed by atoms with Crippen molar-refractivity contribution in [3.63, 3.8) is 0 Å². The van der Waals surface area contributed by atoms with Crippen LogP contribution in [0.1, 0.15) is 6.92 Å². The normalized spacial score (nSPS) is 39.0. The fraction of sp³-hybridized carbons (Fsp3) is 1.00. The van der Waals surface area contributed by atoms with Gasteiger partial charge < -0.3 is 18.9 Å². The zero-order chi connectivity index (χ0) is 13.6. The lowest BCUT2D eigenvalue weighted by molar-refractivity contribution is -0.467. The van der Waals surface area contributed by atoms with Crippen LogP contribution in [0, 0.1) is 0 Å². The molecule has 8 heteroatoms. The number of rotatable bonds is 4. The van der Waals surface area contributed by atoms with E-state index in [4.69, 9.17) is 28.4 Å². The molecule has 0 radical (unpaired) electrons. The zero-order valence-electron chi connectivity index (χ0n) is 10.5. The minimum absolute atomic E-state index is 0.746. The van der Waals surface area contributed by atoms with Gasteiger partial charge >= 0.3 is 6.16 Å². The van der Waals surface area contributed by atoms with Crippen LogP contribution in [0.15, 0.2) is 0 Å². The van der Waals surface area contributed by atoms with E-state index in [2.05, 4.69) is 0 Å². The largest absolute Gasteiger partial charge is 0.413 e. The molecule has 4 atom stereocenters. The van der Waals surface area contributed by atoms with E-state index in [1.165, 1.54) is 21.3 Å². The third kappa shape index (κ3) is 2.13. The second-order valence-corrected chi connectivity index (χ2v) is 4.19. The Balaban J connectivity index is 2.22. The summed E-state index contributed by atoms with van der Waals surface area (Å²) in [5.74, 6) is -3.10. The summed E-state index contributed by atoms with van der Waals surface area (Å²) in [6.45, 7) is 0.746. The van der Waals surface area contributed by atoms with Crippen molar-refractivity contribution in [1.82, 2.24) is 0 Å². The molecule has 0 aliphatic carbocycles. The van der Waals surface area contributed by atoms with Gasteiger partial charge in [0.15, 0.2) is 12.4 Å². The molecular weight excluding hydrogens is 254 g/mol. The fourth-order valence-electron chi connectivity index (χ4n) is 2.11. The number of hydrogen-bond acceptors (Lipinski definition) is 6. The molecule has 0 N–H and O–H groups in total. The molecule has 0 aromatic heterocycles. The van der Waals surface area contributed by atoms with Crippen molar-refractivity contribution < 1.29 is 37.2 Å². The molecule has 2 aliphatic rings. The van der Waals surface area contributed by atoms with Crippen molar-refractivity contribution in [1.29, 1.82) is 0 Å². The van der Waals surface area contributed by atoms with Crippen molar-refractivity contribution in [3.05, 3.63) is 0 Å². The molecule has 0 bridgehead atoms. The number of halogens is 2. The van der Waals surface area contributed by atoms with Crippen LogP contribution in [0.25, 0.3) is 0 Å². The summed E-state index contributed by atoms with van der Waals surface area (Å²) in [5, 5.41) is 0. The molecular formula is C10H16F2O6. The molecule has 2 saturated heterocycles. The standard InChI is InChI=1S/C10H16F2O6/c1-9(11,12)7-5-6(8(13-2)16-7)18-10(14-3,15-4)17-5/h5-8H,1-4H3/t5-,6+,7-,8+/m0/s1. The van der Waals surface area contributed by atoms with Crippen LogP contribution in [0.5, 0.6) is 0 Å². The maximum atomic E-state index is 13.4. The highest BCUT2D eigenvalue weighted by Gasteiger charge is 2.64. The van der Waals surface area contributed by atoms with Crippen LogP contribution in [0.2, 0.25) is 0 Å². The van der Waals surface area contributed by atoms with E-state index >= 15 is 0 Å².